The monoisotopic (exact) mass is 280 g/mol. The average molecular weight is 280 g/mol. The SMILES string of the molecule is CCc1onc(C)c1C(=O)N[C@H]1CCCCC[C@H]1CO. The molecule has 0 spiro atoms. The fourth-order valence-electron chi connectivity index (χ4n) is 2.98. The molecule has 0 saturated heterocycles. The van der Waals surface area contributed by atoms with Crippen LogP contribution in [0.1, 0.15) is 60.8 Å². The molecule has 1 amide bonds. The van der Waals surface area contributed by atoms with E-state index in [1.54, 1.807) is 6.92 Å². The maximum Gasteiger partial charge on any atom is 0.257 e. The Balaban J connectivity index is 2.11. The third-order valence-electron chi connectivity index (χ3n) is 4.19. The zero-order valence-electron chi connectivity index (χ0n) is 12.3. The van der Waals surface area contributed by atoms with E-state index in [4.69, 9.17) is 4.52 Å². The number of hydrogen-bond acceptors (Lipinski definition) is 4. The topological polar surface area (TPSA) is 75.4 Å². The molecule has 2 atom stereocenters. The van der Waals surface area contributed by atoms with Gasteiger partial charge in [0.1, 0.15) is 11.3 Å². The highest BCUT2D eigenvalue weighted by Gasteiger charge is 2.27. The molecule has 1 aromatic heterocycles. The van der Waals surface area contributed by atoms with Crippen LogP contribution in [0.4, 0.5) is 0 Å². The lowest BCUT2D eigenvalue weighted by Gasteiger charge is -2.24. The molecular weight excluding hydrogens is 256 g/mol. The zero-order valence-corrected chi connectivity index (χ0v) is 12.3. The number of carbonyl (C=O) groups excluding carboxylic acids is 1. The number of aliphatic hydroxyl groups is 1. The van der Waals surface area contributed by atoms with Crippen LogP contribution in [0, 0.1) is 12.8 Å². The van der Waals surface area contributed by atoms with Gasteiger partial charge >= 0.3 is 0 Å². The molecule has 0 bridgehead atoms. The molecule has 1 aromatic rings. The van der Waals surface area contributed by atoms with Crippen LogP contribution in [0.25, 0.3) is 0 Å². The van der Waals surface area contributed by atoms with E-state index in [0.717, 1.165) is 25.7 Å². The Hall–Kier alpha value is -1.36. The van der Waals surface area contributed by atoms with Crippen molar-refractivity contribution in [1.82, 2.24) is 10.5 Å². The molecule has 5 heteroatoms. The third-order valence-corrected chi connectivity index (χ3v) is 4.19. The van der Waals surface area contributed by atoms with Crippen molar-refractivity contribution in [1.29, 1.82) is 0 Å². The van der Waals surface area contributed by atoms with Crippen molar-refractivity contribution in [3.8, 4) is 0 Å². The molecule has 0 aromatic carbocycles. The molecule has 0 radical (unpaired) electrons. The molecule has 1 fully saturated rings. The normalized spacial score (nSPS) is 23.4. The number of hydrogen-bond donors (Lipinski definition) is 2. The fourth-order valence-corrected chi connectivity index (χ4v) is 2.98. The summed E-state index contributed by atoms with van der Waals surface area (Å²) < 4.78 is 5.17. The van der Waals surface area contributed by atoms with Gasteiger partial charge in [-0.3, -0.25) is 4.79 Å². The second-order valence-electron chi connectivity index (χ2n) is 5.58. The number of amides is 1. The van der Waals surface area contributed by atoms with E-state index in [-0.39, 0.29) is 24.5 Å². The summed E-state index contributed by atoms with van der Waals surface area (Å²) in [6.07, 6.45) is 5.97. The number of nitrogens with one attached hydrogen (secondary N) is 1. The lowest BCUT2D eigenvalue weighted by atomic mass is 9.95. The number of aromatic nitrogens is 1. The Morgan fingerprint density at radius 2 is 2.15 bits per heavy atom. The molecule has 5 nitrogen and oxygen atoms in total. The van der Waals surface area contributed by atoms with Crippen molar-refractivity contribution < 1.29 is 14.4 Å². The van der Waals surface area contributed by atoms with E-state index in [9.17, 15) is 9.90 Å². The third kappa shape index (κ3) is 3.20. The maximum atomic E-state index is 12.5. The fraction of sp³-hybridized carbons (Fsp3) is 0.733. The quantitative estimate of drug-likeness (QED) is 0.829. The standard InChI is InChI=1S/C15H24N2O3/c1-3-13-14(10(2)17-20-13)15(19)16-12-8-6-4-5-7-11(12)9-18/h11-12,18H,3-9H2,1-2H3,(H,16,19)/t11-,12-/m0/s1. The predicted octanol–water partition coefficient (Wildman–Crippen LogP) is 2.22. The van der Waals surface area contributed by atoms with Crippen LogP contribution >= 0.6 is 0 Å². The Morgan fingerprint density at radius 1 is 1.40 bits per heavy atom. The first kappa shape index (κ1) is 15.0. The predicted molar refractivity (Wildman–Crippen MR) is 75.5 cm³/mol. The first-order valence-corrected chi connectivity index (χ1v) is 7.54. The number of nitrogens with zero attached hydrogens (tertiary/aromatic N) is 1. The number of aliphatic hydroxyl groups excluding tert-OH is 1. The summed E-state index contributed by atoms with van der Waals surface area (Å²) in [6, 6.07) is 0.0500. The summed E-state index contributed by atoms with van der Waals surface area (Å²) in [5, 5.41) is 16.5. The smallest absolute Gasteiger partial charge is 0.257 e. The van der Waals surface area contributed by atoms with Gasteiger partial charge in [-0.05, 0) is 19.8 Å². The van der Waals surface area contributed by atoms with E-state index in [1.165, 1.54) is 6.42 Å². The molecule has 1 aliphatic carbocycles. The number of rotatable bonds is 4. The van der Waals surface area contributed by atoms with Crippen molar-refractivity contribution in [2.45, 2.75) is 58.4 Å². The Morgan fingerprint density at radius 3 is 2.85 bits per heavy atom. The molecule has 2 rings (SSSR count). The van der Waals surface area contributed by atoms with Gasteiger partial charge in [-0.25, -0.2) is 0 Å². The summed E-state index contributed by atoms with van der Waals surface area (Å²) in [5.41, 5.74) is 1.20. The van der Waals surface area contributed by atoms with Gasteiger partial charge in [-0.15, -0.1) is 0 Å². The van der Waals surface area contributed by atoms with Crippen LogP contribution in [0.3, 0.4) is 0 Å². The van der Waals surface area contributed by atoms with Crippen LogP contribution in [0.2, 0.25) is 0 Å². The van der Waals surface area contributed by atoms with Gasteiger partial charge in [-0.2, -0.15) is 0 Å². The van der Waals surface area contributed by atoms with E-state index < -0.39 is 0 Å². The van der Waals surface area contributed by atoms with Crippen molar-refractivity contribution in [3.63, 3.8) is 0 Å². The summed E-state index contributed by atoms with van der Waals surface area (Å²) >= 11 is 0. The van der Waals surface area contributed by atoms with E-state index in [1.807, 2.05) is 6.92 Å². The van der Waals surface area contributed by atoms with Gasteiger partial charge < -0.3 is 14.9 Å². The lowest BCUT2D eigenvalue weighted by Crippen LogP contribution is -2.41. The van der Waals surface area contributed by atoms with Gasteiger partial charge in [0.05, 0.1) is 5.69 Å². The van der Waals surface area contributed by atoms with Gasteiger partial charge in [-0.1, -0.05) is 31.3 Å². The molecule has 0 unspecified atom stereocenters. The molecule has 1 aliphatic rings. The number of carbonyl (C=O) groups is 1. The van der Waals surface area contributed by atoms with Gasteiger partial charge in [0.25, 0.3) is 5.91 Å². The first-order valence-electron chi connectivity index (χ1n) is 7.54. The highest BCUT2D eigenvalue weighted by atomic mass is 16.5. The van der Waals surface area contributed by atoms with Crippen LogP contribution in [-0.2, 0) is 6.42 Å². The van der Waals surface area contributed by atoms with Crippen molar-refractivity contribution in [3.05, 3.63) is 17.0 Å². The zero-order chi connectivity index (χ0) is 14.5. The van der Waals surface area contributed by atoms with Crippen LogP contribution in [0.15, 0.2) is 4.52 Å². The van der Waals surface area contributed by atoms with E-state index >= 15 is 0 Å². The van der Waals surface area contributed by atoms with Crippen LogP contribution in [-0.4, -0.2) is 28.8 Å². The largest absolute Gasteiger partial charge is 0.396 e. The van der Waals surface area contributed by atoms with Crippen molar-refractivity contribution >= 4 is 5.91 Å². The summed E-state index contributed by atoms with van der Waals surface area (Å²) in [5.74, 6) is 0.673. The Bertz CT molecular complexity index is 456. The minimum atomic E-state index is -0.119. The van der Waals surface area contributed by atoms with Gasteiger partial charge in [0, 0.05) is 25.0 Å². The second kappa shape index (κ2) is 6.88. The molecular formula is C15H24N2O3. The molecule has 2 N–H and O–H groups in total. The van der Waals surface area contributed by atoms with Gasteiger partial charge in [0.15, 0.2) is 0 Å². The molecule has 1 heterocycles. The number of aryl methyl sites for hydroxylation is 2. The van der Waals surface area contributed by atoms with E-state index in [0.29, 0.717) is 23.4 Å². The maximum absolute atomic E-state index is 12.5. The molecule has 0 aliphatic heterocycles. The van der Waals surface area contributed by atoms with Crippen molar-refractivity contribution in [2.24, 2.45) is 5.92 Å². The van der Waals surface area contributed by atoms with Gasteiger partial charge in [0.2, 0.25) is 0 Å². The summed E-state index contributed by atoms with van der Waals surface area (Å²) in [6.45, 7) is 3.86. The van der Waals surface area contributed by atoms with Crippen molar-refractivity contribution in [2.75, 3.05) is 6.61 Å². The minimum Gasteiger partial charge on any atom is -0.396 e. The van der Waals surface area contributed by atoms with Crippen LogP contribution in [0.5, 0.6) is 0 Å². The summed E-state index contributed by atoms with van der Waals surface area (Å²) in [7, 11) is 0. The molecule has 1 saturated carbocycles. The van der Waals surface area contributed by atoms with E-state index in [2.05, 4.69) is 10.5 Å². The molecule has 112 valence electrons. The molecule has 20 heavy (non-hydrogen) atoms. The highest BCUT2D eigenvalue weighted by molar-refractivity contribution is 5.96. The second-order valence-corrected chi connectivity index (χ2v) is 5.58. The average Bonchev–Trinajstić information content (AvgIpc) is 2.68. The highest BCUT2D eigenvalue weighted by Crippen LogP contribution is 2.24. The minimum absolute atomic E-state index is 0.0500. The Kier molecular flexibility index (Phi) is 5.17. The summed E-state index contributed by atoms with van der Waals surface area (Å²) in [4.78, 5) is 12.5. The first-order chi connectivity index (χ1) is 9.67. The Labute approximate surface area is 119 Å². The lowest BCUT2D eigenvalue weighted by molar-refractivity contribution is 0.0897. The van der Waals surface area contributed by atoms with Crippen LogP contribution < -0.4 is 5.32 Å².